The highest BCUT2D eigenvalue weighted by Gasteiger charge is 2.30. The van der Waals surface area contributed by atoms with Crippen molar-refractivity contribution in [3.8, 4) is 0 Å². The fourth-order valence-electron chi connectivity index (χ4n) is 4.49. The maximum Gasteiger partial charge on any atom is 0.278 e. The molecule has 2 aliphatic heterocycles. The van der Waals surface area contributed by atoms with Crippen molar-refractivity contribution >= 4 is 45.7 Å². The van der Waals surface area contributed by atoms with Crippen LogP contribution in [0.4, 0.5) is 11.5 Å². The Morgan fingerprint density at radius 1 is 0.919 bits per heavy atom. The minimum atomic E-state index is -0.0956. The molecule has 0 unspecified atom stereocenters. The zero-order valence-electron chi connectivity index (χ0n) is 20.4. The predicted octanol–water partition coefficient (Wildman–Crippen LogP) is 1.66. The summed E-state index contributed by atoms with van der Waals surface area (Å²) in [5.74, 6) is 0.358. The summed E-state index contributed by atoms with van der Waals surface area (Å²) in [5.41, 5.74) is 3.86. The van der Waals surface area contributed by atoms with Crippen LogP contribution in [0.15, 0.2) is 65.9 Å². The van der Waals surface area contributed by atoms with E-state index in [1.807, 2.05) is 56.7 Å². The van der Waals surface area contributed by atoms with Crippen molar-refractivity contribution in [3.05, 3.63) is 66.4 Å². The lowest BCUT2D eigenvalue weighted by molar-refractivity contribution is -0.843. The first kappa shape index (κ1) is 22.7. The van der Waals surface area contributed by atoms with Gasteiger partial charge < -0.3 is 15.1 Å². The SMILES string of the molecule is C[N+]1(C)C=CC(C(=O)N2CCN(C(=O)c3ccc(Nc4nc5ccccc5n5nnnc45)cc3)CC2)=N1. The van der Waals surface area contributed by atoms with E-state index in [4.69, 9.17) is 0 Å². The number of piperazine rings is 1. The van der Waals surface area contributed by atoms with Crippen LogP contribution >= 0.6 is 0 Å². The van der Waals surface area contributed by atoms with Crippen LogP contribution in [0.2, 0.25) is 0 Å². The number of fused-ring (bicyclic) bond motifs is 3. The molecule has 12 nitrogen and oxygen atoms in total. The maximum atomic E-state index is 13.1. The fraction of sp³-hybridized carbons (Fsp3) is 0.240. The molecule has 2 aromatic carbocycles. The number of nitrogens with one attached hydrogen (secondary N) is 1. The third-order valence-electron chi connectivity index (χ3n) is 6.45. The number of hydrogen-bond donors (Lipinski definition) is 1. The number of quaternary nitrogens is 1. The van der Waals surface area contributed by atoms with E-state index in [2.05, 4.69) is 30.9 Å². The van der Waals surface area contributed by atoms with Gasteiger partial charge in [-0.05, 0) is 46.8 Å². The Balaban J connectivity index is 1.12. The van der Waals surface area contributed by atoms with Crippen molar-refractivity contribution in [3.63, 3.8) is 0 Å². The van der Waals surface area contributed by atoms with Crippen molar-refractivity contribution in [1.29, 1.82) is 0 Å². The summed E-state index contributed by atoms with van der Waals surface area (Å²) in [5, 5.41) is 19.6. The number of carbonyl (C=O) groups excluding carboxylic acids is 2. The van der Waals surface area contributed by atoms with Crippen LogP contribution in [0, 0.1) is 0 Å². The van der Waals surface area contributed by atoms with Crippen LogP contribution in [-0.2, 0) is 4.79 Å². The summed E-state index contributed by atoms with van der Waals surface area (Å²) in [6, 6.07) is 14.8. The average Bonchev–Trinajstić information content (AvgIpc) is 3.55. The summed E-state index contributed by atoms with van der Waals surface area (Å²) in [4.78, 5) is 34.0. The molecule has 37 heavy (non-hydrogen) atoms. The number of nitrogens with zero attached hydrogens (tertiary/aromatic N) is 9. The molecule has 12 heteroatoms. The highest BCUT2D eigenvalue weighted by Crippen LogP contribution is 2.23. The summed E-state index contributed by atoms with van der Waals surface area (Å²) >= 11 is 0. The van der Waals surface area contributed by atoms with Crippen LogP contribution in [-0.4, -0.2) is 97.2 Å². The number of aromatic nitrogens is 5. The summed E-state index contributed by atoms with van der Waals surface area (Å²) in [6.45, 7) is 1.89. The Bertz CT molecular complexity index is 1580. The van der Waals surface area contributed by atoms with Gasteiger partial charge in [-0.3, -0.25) is 9.59 Å². The monoisotopic (exact) mass is 497 g/mol. The lowest BCUT2D eigenvalue weighted by Crippen LogP contribution is -2.52. The summed E-state index contributed by atoms with van der Waals surface area (Å²) in [6.07, 6.45) is 3.63. The molecule has 0 spiro atoms. The van der Waals surface area contributed by atoms with E-state index in [1.54, 1.807) is 32.5 Å². The predicted molar refractivity (Wildman–Crippen MR) is 137 cm³/mol. The van der Waals surface area contributed by atoms with Crippen molar-refractivity contribution in [2.75, 3.05) is 45.6 Å². The molecule has 2 aliphatic rings. The number of amides is 2. The highest BCUT2D eigenvalue weighted by molar-refractivity contribution is 6.43. The Labute approximate surface area is 212 Å². The molecule has 1 N–H and O–H groups in total. The van der Waals surface area contributed by atoms with Gasteiger partial charge in [0.2, 0.25) is 5.65 Å². The second-order valence-electron chi connectivity index (χ2n) is 9.43. The number of hydrogen-bond acceptors (Lipinski definition) is 8. The van der Waals surface area contributed by atoms with Crippen molar-refractivity contribution < 1.29 is 14.2 Å². The van der Waals surface area contributed by atoms with Gasteiger partial charge in [-0.2, -0.15) is 9.11 Å². The van der Waals surface area contributed by atoms with E-state index in [1.165, 1.54) is 0 Å². The van der Waals surface area contributed by atoms with Crippen LogP contribution < -0.4 is 5.32 Å². The quantitative estimate of drug-likeness (QED) is 0.426. The van der Waals surface area contributed by atoms with E-state index < -0.39 is 0 Å². The Morgan fingerprint density at radius 3 is 2.32 bits per heavy atom. The molecule has 0 bridgehead atoms. The first-order chi connectivity index (χ1) is 17.9. The Hall–Kier alpha value is -4.71. The molecule has 4 aromatic rings. The maximum absolute atomic E-state index is 13.1. The first-order valence-electron chi connectivity index (χ1n) is 11.9. The number of para-hydroxylation sites is 2. The molecular formula is C25H25N10O2+. The number of benzene rings is 2. The second kappa shape index (κ2) is 8.75. The van der Waals surface area contributed by atoms with Gasteiger partial charge in [0.05, 0.1) is 25.1 Å². The van der Waals surface area contributed by atoms with Gasteiger partial charge in [-0.1, -0.05) is 17.2 Å². The van der Waals surface area contributed by atoms with E-state index in [0.29, 0.717) is 53.5 Å². The lowest BCUT2D eigenvalue weighted by Gasteiger charge is -2.34. The first-order valence-corrected chi connectivity index (χ1v) is 11.9. The molecule has 0 radical (unpaired) electrons. The molecule has 1 saturated heterocycles. The van der Waals surface area contributed by atoms with Crippen LogP contribution in [0.1, 0.15) is 10.4 Å². The number of anilines is 2. The smallest absolute Gasteiger partial charge is 0.278 e. The average molecular weight is 498 g/mol. The van der Waals surface area contributed by atoms with Crippen molar-refractivity contribution in [1.82, 2.24) is 34.8 Å². The van der Waals surface area contributed by atoms with Crippen molar-refractivity contribution in [2.24, 2.45) is 5.10 Å². The van der Waals surface area contributed by atoms with E-state index in [-0.39, 0.29) is 11.8 Å². The van der Waals surface area contributed by atoms with E-state index >= 15 is 0 Å². The molecule has 0 atom stereocenters. The van der Waals surface area contributed by atoms with E-state index in [9.17, 15) is 9.59 Å². The third-order valence-corrected chi connectivity index (χ3v) is 6.45. The van der Waals surface area contributed by atoms with E-state index in [0.717, 1.165) is 16.7 Å². The zero-order chi connectivity index (χ0) is 25.6. The summed E-state index contributed by atoms with van der Waals surface area (Å²) in [7, 11) is 3.80. The molecule has 0 aliphatic carbocycles. The Morgan fingerprint density at radius 2 is 1.62 bits per heavy atom. The van der Waals surface area contributed by atoms with Gasteiger partial charge in [0.15, 0.2) is 11.5 Å². The van der Waals surface area contributed by atoms with Crippen LogP contribution in [0.3, 0.4) is 0 Å². The van der Waals surface area contributed by atoms with Gasteiger partial charge >= 0.3 is 0 Å². The molecule has 186 valence electrons. The number of carbonyl (C=O) groups is 2. The fourth-order valence-corrected chi connectivity index (χ4v) is 4.49. The molecular weight excluding hydrogens is 472 g/mol. The highest BCUT2D eigenvalue weighted by atomic mass is 16.2. The van der Waals surface area contributed by atoms with Crippen LogP contribution in [0.5, 0.6) is 0 Å². The Kier molecular flexibility index (Phi) is 5.37. The largest absolute Gasteiger partial charge is 0.337 e. The number of rotatable bonds is 4. The minimum absolute atomic E-state index is 0.0672. The molecule has 4 heterocycles. The number of tetrazole rings is 1. The molecule has 2 amide bonds. The normalized spacial score (nSPS) is 16.9. The van der Waals surface area contributed by atoms with Crippen LogP contribution in [0.25, 0.3) is 16.7 Å². The standard InChI is InChI=1S/C25H24N10O2/c1-35(2)16-11-20(29-35)25(37)33-14-12-32(13-15-33)24(36)17-7-9-18(10-8-17)26-22-23-28-30-31-34(23)21-6-4-3-5-19(21)27-22/h3-11,16H,12-15H2,1-2H3/p+1. The van der Waals surface area contributed by atoms with Gasteiger partial charge in [-0.25, -0.2) is 4.98 Å². The lowest BCUT2D eigenvalue weighted by atomic mass is 10.1. The second-order valence-corrected chi connectivity index (χ2v) is 9.43. The minimum Gasteiger partial charge on any atom is -0.337 e. The van der Waals surface area contributed by atoms with Gasteiger partial charge in [0.25, 0.3) is 11.8 Å². The third kappa shape index (κ3) is 4.27. The molecule has 1 fully saturated rings. The van der Waals surface area contributed by atoms with Gasteiger partial charge in [-0.15, -0.1) is 5.10 Å². The van der Waals surface area contributed by atoms with Gasteiger partial charge in [0.1, 0.15) is 6.20 Å². The molecule has 0 saturated carbocycles. The van der Waals surface area contributed by atoms with Gasteiger partial charge in [0, 0.05) is 43.5 Å². The van der Waals surface area contributed by atoms with Crippen molar-refractivity contribution in [2.45, 2.75) is 0 Å². The molecule has 6 rings (SSSR count). The molecule has 2 aromatic heterocycles. The topological polar surface area (TPSA) is 121 Å². The summed E-state index contributed by atoms with van der Waals surface area (Å²) < 4.78 is 1.95. The zero-order valence-corrected chi connectivity index (χ0v) is 20.4.